The van der Waals surface area contributed by atoms with Crippen molar-refractivity contribution < 1.29 is 4.79 Å². The van der Waals surface area contributed by atoms with Gasteiger partial charge in [-0.1, -0.05) is 0 Å². The Morgan fingerprint density at radius 2 is 2.20 bits per heavy atom. The second kappa shape index (κ2) is 5.09. The number of nitrogens with zero attached hydrogens (tertiary/aromatic N) is 2. The molecule has 1 aliphatic heterocycles. The highest BCUT2D eigenvalue weighted by molar-refractivity contribution is 7.10. The Labute approximate surface area is 118 Å². The maximum absolute atomic E-state index is 12.2. The van der Waals surface area contributed by atoms with Crippen molar-refractivity contribution in [2.24, 2.45) is 0 Å². The monoisotopic (exact) mass is 291 g/mol. The summed E-state index contributed by atoms with van der Waals surface area (Å²) in [5, 5.41) is 2.03. The van der Waals surface area contributed by atoms with Crippen LogP contribution in [0.1, 0.15) is 10.4 Å². The van der Waals surface area contributed by atoms with Crippen LogP contribution >= 0.6 is 11.3 Å². The highest BCUT2D eigenvalue weighted by Crippen LogP contribution is 2.23. The Morgan fingerprint density at radius 1 is 1.35 bits per heavy atom. The van der Waals surface area contributed by atoms with Crippen LogP contribution < -0.4 is 11.2 Å². The Kier molecular flexibility index (Phi) is 3.27. The predicted molar refractivity (Wildman–Crippen MR) is 74.8 cm³/mol. The van der Waals surface area contributed by atoms with E-state index in [0.717, 1.165) is 6.42 Å². The SMILES string of the molecule is O=C(Cn1ccc(=O)[nH]c1=O)N1CCc2sccc2C1. The normalized spacial score (nSPS) is 14.1. The van der Waals surface area contributed by atoms with Crippen LogP contribution in [-0.2, 0) is 24.3 Å². The van der Waals surface area contributed by atoms with Crippen LogP contribution in [-0.4, -0.2) is 26.9 Å². The second-order valence-corrected chi connectivity index (χ2v) is 5.67. The van der Waals surface area contributed by atoms with Gasteiger partial charge in [0.15, 0.2) is 0 Å². The van der Waals surface area contributed by atoms with Gasteiger partial charge in [-0.3, -0.25) is 19.1 Å². The lowest BCUT2D eigenvalue weighted by molar-refractivity contribution is -0.132. The first kappa shape index (κ1) is 12.9. The molecule has 104 valence electrons. The van der Waals surface area contributed by atoms with Crippen LogP contribution in [0.25, 0.3) is 0 Å². The molecule has 0 aliphatic carbocycles. The first-order valence-electron chi connectivity index (χ1n) is 6.26. The third kappa shape index (κ3) is 2.44. The largest absolute Gasteiger partial charge is 0.336 e. The van der Waals surface area contributed by atoms with Gasteiger partial charge in [0.25, 0.3) is 5.56 Å². The molecule has 2 aromatic heterocycles. The van der Waals surface area contributed by atoms with Gasteiger partial charge < -0.3 is 4.90 Å². The molecule has 1 amide bonds. The molecule has 0 aromatic carbocycles. The number of hydrogen-bond donors (Lipinski definition) is 1. The van der Waals surface area contributed by atoms with Crippen molar-refractivity contribution in [3.05, 3.63) is 55.0 Å². The molecule has 0 spiro atoms. The number of aromatic nitrogens is 2. The van der Waals surface area contributed by atoms with Gasteiger partial charge in [0.1, 0.15) is 6.54 Å². The van der Waals surface area contributed by atoms with Crippen molar-refractivity contribution in [3.63, 3.8) is 0 Å². The minimum Gasteiger partial charge on any atom is -0.336 e. The number of carbonyl (C=O) groups is 1. The summed E-state index contributed by atoms with van der Waals surface area (Å²) >= 11 is 1.71. The summed E-state index contributed by atoms with van der Waals surface area (Å²) in [5.74, 6) is -0.115. The van der Waals surface area contributed by atoms with Crippen molar-refractivity contribution in [1.29, 1.82) is 0 Å². The quantitative estimate of drug-likeness (QED) is 0.858. The molecule has 0 fully saturated rings. The van der Waals surface area contributed by atoms with Crippen LogP contribution in [0.4, 0.5) is 0 Å². The van der Waals surface area contributed by atoms with Crippen LogP contribution in [0.5, 0.6) is 0 Å². The van der Waals surface area contributed by atoms with E-state index in [2.05, 4.69) is 4.98 Å². The smallest absolute Gasteiger partial charge is 0.328 e. The van der Waals surface area contributed by atoms with E-state index in [1.807, 2.05) is 11.4 Å². The number of carbonyl (C=O) groups excluding carboxylic acids is 1. The number of hydrogen-bond acceptors (Lipinski definition) is 4. The maximum atomic E-state index is 12.2. The second-order valence-electron chi connectivity index (χ2n) is 4.67. The third-order valence-corrected chi connectivity index (χ3v) is 4.39. The molecule has 0 bridgehead atoms. The number of fused-ring (bicyclic) bond motifs is 1. The van der Waals surface area contributed by atoms with Crippen LogP contribution in [0.3, 0.4) is 0 Å². The Hall–Kier alpha value is -2.15. The first-order valence-corrected chi connectivity index (χ1v) is 7.14. The molecule has 0 unspecified atom stereocenters. The van der Waals surface area contributed by atoms with E-state index in [9.17, 15) is 14.4 Å². The molecular weight excluding hydrogens is 278 g/mol. The minimum atomic E-state index is -0.556. The standard InChI is InChI=1S/C13H13N3O3S/c17-11-2-5-16(13(19)14-11)8-12(18)15-4-1-10-9(7-15)3-6-20-10/h2-3,5-6H,1,4,7-8H2,(H,14,17,19). The van der Waals surface area contributed by atoms with E-state index in [0.29, 0.717) is 13.1 Å². The Bertz CT molecular complexity index is 758. The lowest BCUT2D eigenvalue weighted by Gasteiger charge is -2.27. The molecule has 3 rings (SSSR count). The molecule has 2 aromatic rings. The summed E-state index contributed by atoms with van der Waals surface area (Å²) in [4.78, 5) is 40.0. The van der Waals surface area contributed by atoms with Gasteiger partial charge in [0, 0.05) is 30.2 Å². The zero-order valence-electron chi connectivity index (χ0n) is 10.7. The van der Waals surface area contributed by atoms with Gasteiger partial charge in [-0.25, -0.2) is 4.79 Å². The van der Waals surface area contributed by atoms with Crippen molar-refractivity contribution in [2.45, 2.75) is 19.5 Å². The number of nitrogens with one attached hydrogen (secondary N) is 1. The summed E-state index contributed by atoms with van der Waals surface area (Å²) in [6, 6.07) is 3.27. The van der Waals surface area contributed by atoms with E-state index in [1.54, 1.807) is 16.2 Å². The number of aromatic amines is 1. The van der Waals surface area contributed by atoms with Crippen LogP contribution in [0.15, 0.2) is 33.3 Å². The highest BCUT2D eigenvalue weighted by Gasteiger charge is 2.21. The van der Waals surface area contributed by atoms with Crippen LogP contribution in [0, 0.1) is 0 Å². The van der Waals surface area contributed by atoms with E-state index in [4.69, 9.17) is 0 Å². The number of amides is 1. The van der Waals surface area contributed by atoms with Gasteiger partial charge in [-0.15, -0.1) is 11.3 Å². The fraction of sp³-hybridized carbons (Fsp3) is 0.308. The van der Waals surface area contributed by atoms with E-state index in [1.165, 1.54) is 27.3 Å². The summed E-state index contributed by atoms with van der Waals surface area (Å²) in [6.07, 6.45) is 2.21. The molecule has 0 radical (unpaired) electrons. The fourth-order valence-electron chi connectivity index (χ4n) is 2.28. The summed E-state index contributed by atoms with van der Waals surface area (Å²) in [6.45, 7) is 1.22. The molecule has 20 heavy (non-hydrogen) atoms. The van der Waals surface area contributed by atoms with E-state index < -0.39 is 11.2 Å². The lowest BCUT2D eigenvalue weighted by Crippen LogP contribution is -2.40. The topological polar surface area (TPSA) is 75.2 Å². The number of H-pyrrole nitrogens is 1. The molecule has 1 N–H and O–H groups in total. The Balaban J connectivity index is 1.74. The lowest BCUT2D eigenvalue weighted by atomic mass is 10.1. The molecule has 6 nitrogen and oxygen atoms in total. The van der Waals surface area contributed by atoms with Gasteiger partial charge in [0.2, 0.25) is 5.91 Å². The van der Waals surface area contributed by atoms with Gasteiger partial charge in [-0.05, 0) is 23.4 Å². The average molecular weight is 291 g/mol. The van der Waals surface area contributed by atoms with Crippen molar-refractivity contribution in [3.8, 4) is 0 Å². The van der Waals surface area contributed by atoms with Gasteiger partial charge in [0.05, 0.1) is 0 Å². The molecule has 7 heteroatoms. The number of rotatable bonds is 2. The summed E-state index contributed by atoms with van der Waals surface area (Å²) < 4.78 is 1.22. The van der Waals surface area contributed by atoms with Gasteiger partial charge >= 0.3 is 5.69 Å². The first-order chi connectivity index (χ1) is 9.63. The third-order valence-electron chi connectivity index (χ3n) is 3.36. The average Bonchev–Trinajstić information content (AvgIpc) is 2.89. The Morgan fingerprint density at radius 3 is 3.00 bits per heavy atom. The molecule has 0 saturated carbocycles. The fourth-order valence-corrected chi connectivity index (χ4v) is 3.17. The number of thiophene rings is 1. The summed E-state index contributed by atoms with van der Waals surface area (Å²) in [5.41, 5.74) is 0.169. The highest BCUT2D eigenvalue weighted by atomic mass is 32.1. The zero-order chi connectivity index (χ0) is 14.1. The molecule has 3 heterocycles. The zero-order valence-corrected chi connectivity index (χ0v) is 11.5. The predicted octanol–water partition coefficient (Wildman–Crippen LogP) is 0.183. The molecular formula is C13H13N3O3S. The van der Waals surface area contributed by atoms with Crippen molar-refractivity contribution >= 4 is 17.2 Å². The maximum Gasteiger partial charge on any atom is 0.328 e. The van der Waals surface area contributed by atoms with Crippen LogP contribution in [0.2, 0.25) is 0 Å². The van der Waals surface area contributed by atoms with Crippen molar-refractivity contribution in [2.75, 3.05) is 6.54 Å². The van der Waals surface area contributed by atoms with E-state index in [-0.39, 0.29) is 12.5 Å². The molecule has 0 atom stereocenters. The summed E-state index contributed by atoms with van der Waals surface area (Å²) in [7, 11) is 0. The molecule has 0 saturated heterocycles. The van der Waals surface area contributed by atoms with Crippen molar-refractivity contribution in [1.82, 2.24) is 14.5 Å². The minimum absolute atomic E-state index is 0.0465. The van der Waals surface area contributed by atoms with E-state index >= 15 is 0 Å². The van der Waals surface area contributed by atoms with Gasteiger partial charge in [-0.2, -0.15) is 0 Å². The molecule has 1 aliphatic rings.